The number of halogens is 4. The second kappa shape index (κ2) is 4.02. The molecule has 0 bridgehead atoms. The molecule has 0 amide bonds. The lowest BCUT2D eigenvalue weighted by atomic mass is 10.1. The summed E-state index contributed by atoms with van der Waals surface area (Å²) in [5.74, 6) is 0. The molecule has 18 heavy (non-hydrogen) atoms. The van der Waals surface area contributed by atoms with Gasteiger partial charge in [0.1, 0.15) is 0 Å². The minimum absolute atomic E-state index is 0.0905. The Hall–Kier alpha value is -1.49. The normalized spacial score (nSPS) is 12.1. The maximum absolute atomic E-state index is 12.6. The quantitative estimate of drug-likeness (QED) is 0.779. The van der Waals surface area contributed by atoms with Crippen molar-refractivity contribution in [2.24, 2.45) is 0 Å². The van der Waals surface area contributed by atoms with Crippen molar-refractivity contribution in [2.75, 3.05) is 0 Å². The van der Waals surface area contributed by atoms with Crippen LogP contribution in [-0.2, 0) is 6.18 Å². The predicted molar refractivity (Wildman–Crippen MR) is 64.1 cm³/mol. The fourth-order valence-electron chi connectivity index (χ4n) is 1.75. The number of aromatic nitrogens is 1. The van der Waals surface area contributed by atoms with Crippen molar-refractivity contribution in [3.8, 4) is 0 Å². The second-order valence-electron chi connectivity index (χ2n) is 4.08. The molecule has 2 nitrogen and oxygen atoms in total. The van der Waals surface area contributed by atoms with Crippen molar-refractivity contribution in [3.63, 3.8) is 0 Å². The molecule has 1 N–H and O–H groups in total. The highest BCUT2D eigenvalue weighted by molar-refractivity contribution is 6.35. The van der Waals surface area contributed by atoms with Gasteiger partial charge < -0.3 is 4.98 Å². The molecular formula is C12H9ClF3NO. The van der Waals surface area contributed by atoms with Crippen LogP contribution in [0.2, 0.25) is 5.02 Å². The highest BCUT2D eigenvalue weighted by Gasteiger charge is 2.31. The number of rotatable bonds is 0. The van der Waals surface area contributed by atoms with Gasteiger partial charge in [-0.05, 0) is 26.0 Å². The van der Waals surface area contributed by atoms with Crippen LogP contribution >= 0.6 is 11.6 Å². The van der Waals surface area contributed by atoms with Gasteiger partial charge in [-0.1, -0.05) is 11.6 Å². The van der Waals surface area contributed by atoms with E-state index in [0.717, 1.165) is 12.1 Å². The lowest BCUT2D eigenvalue weighted by Gasteiger charge is -2.10. The van der Waals surface area contributed by atoms with Crippen LogP contribution in [0.3, 0.4) is 0 Å². The monoisotopic (exact) mass is 275 g/mol. The summed E-state index contributed by atoms with van der Waals surface area (Å²) in [5.41, 5.74) is -0.145. The highest BCUT2D eigenvalue weighted by Crippen LogP contribution is 2.33. The molecule has 0 saturated carbocycles. The number of aryl methyl sites for hydroxylation is 1. The van der Waals surface area contributed by atoms with E-state index in [1.807, 2.05) is 0 Å². The molecule has 6 heteroatoms. The van der Waals surface area contributed by atoms with Crippen LogP contribution in [0.1, 0.15) is 16.8 Å². The molecule has 2 rings (SSSR count). The first kappa shape index (κ1) is 13.0. The summed E-state index contributed by atoms with van der Waals surface area (Å²) >= 11 is 5.78. The summed E-state index contributed by atoms with van der Waals surface area (Å²) in [6.07, 6.45) is -4.49. The largest absolute Gasteiger partial charge is 0.416 e. The average molecular weight is 276 g/mol. The standard InChI is InChI=1S/C12H9ClF3NO/c1-5-6(2)17-9-4-7(12(14,15)16)3-8(13)10(9)11(5)18/h3-4H,1-2H3,(H,17,18). The van der Waals surface area contributed by atoms with Crippen LogP contribution in [0.4, 0.5) is 13.2 Å². The number of hydrogen-bond acceptors (Lipinski definition) is 1. The Balaban J connectivity index is 2.92. The van der Waals surface area contributed by atoms with Crippen LogP contribution in [0, 0.1) is 13.8 Å². The number of fused-ring (bicyclic) bond motifs is 1. The highest BCUT2D eigenvalue weighted by atomic mass is 35.5. The molecule has 0 aliphatic rings. The molecule has 0 aliphatic heterocycles. The SMILES string of the molecule is Cc1[nH]c2cc(C(F)(F)F)cc(Cl)c2c(=O)c1C. The molecule has 0 fully saturated rings. The fourth-order valence-corrected chi connectivity index (χ4v) is 2.06. The van der Waals surface area contributed by atoms with Crippen molar-refractivity contribution in [1.82, 2.24) is 4.98 Å². The number of nitrogens with one attached hydrogen (secondary N) is 1. The molecule has 0 atom stereocenters. The summed E-state index contributed by atoms with van der Waals surface area (Å²) in [6, 6.07) is 1.67. The summed E-state index contributed by atoms with van der Waals surface area (Å²) in [4.78, 5) is 14.7. The first-order valence-electron chi connectivity index (χ1n) is 5.11. The third-order valence-corrected chi connectivity index (χ3v) is 3.17. The maximum atomic E-state index is 12.6. The molecule has 1 aromatic heterocycles. The molecule has 0 aliphatic carbocycles. The van der Waals surface area contributed by atoms with E-state index in [9.17, 15) is 18.0 Å². The summed E-state index contributed by atoms with van der Waals surface area (Å²) in [6.45, 7) is 3.23. The van der Waals surface area contributed by atoms with Gasteiger partial charge in [-0.3, -0.25) is 4.79 Å². The topological polar surface area (TPSA) is 32.9 Å². The molecule has 96 valence electrons. The van der Waals surface area contributed by atoms with Crippen molar-refractivity contribution in [1.29, 1.82) is 0 Å². The first-order valence-corrected chi connectivity index (χ1v) is 5.49. The van der Waals surface area contributed by atoms with Crippen LogP contribution < -0.4 is 5.43 Å². The molecule has 0 unspecified atom stereocenters. The van der Waals surface area contributed by atoms with Gasteiger partial charge in [0.2, 0.25) is 0 Å². The predicted octanol–water partition coefficient (Wildman–Crippen LogP) is 3.82. The lowest BCUT2D eigenvalue weighted by molar-refractivity contribution is -0.137. The Labute approximate surface area is 105 Å². The van der Waals surface area contributed by atoms with Crippen LogP contribution in [0.15, 0.2) is 16.9 Å². The van der Waals surface area contributed by atoms with Crippen molar-refractivity contribution < 1.29 is 13.2 Å². The zero-order valence-corrected chi connectivity index (χ0v) is 10.3. The Morgan fingerprint density at radius 1 is 1.22 bits per heavy atom. The summed E-state index contributed by atoms with van der Waals surface area (Å²) in [5, 5.41) is -0.100. The Morgan fingerprint density at radius 3 is 2.39 bits per heavy atom. The molecule has 1 aromatic carbocycles. The van der Waals surface area contributed by atoms with Crippen molar-refractivity contribution in [3.05, 3.63) is 44.2 Å². The number of aromatic amines is 1. The lowest BCUT2D eigenvalue weighted by Crippen LogP contribution is -2.12. The maximum Gasteiger partial charge on any atom is 0.416 e. The van der Waals surface area contributed by atoms with E-state index in [2.05, 4.69) is 4.98 Å². The fraction of sp³-hybridized carbons (Fsp3) is 0.250. The van der Waals surface area contributed by atoms with Crippen molar-refractivity contribution in [2.45, 2.75) is 20.0 Å². The van der Waals surface area contributed by atoms with Crippen molar-refractivity contribution >= 4 is 22.5 Å². The van der Waals surface area contributed by atoms with Gasteiger partial charge in [-0.2, -0.15) is 13.2 Å². The molecule has 0 saturated heterocycles. The molecule has 0 spiro atoms. The van der Waals surface area contributed by atoms with E-state index in [1.165, 1.54) is 0 Å². The minimum Gasteiger partial charge on any atom is -0.358 e. The van der Waals surface area contributed by atoms with Gasteiger partial charge in [0.25, 0.3) is 0 Å². The zero-order valence-electron chi connectivity index (χ0n) is 9.57. The number of H-pyrrole nitrogens is 1. The number of alkyl halides is 3. The zero-order chi connectivity index (χ0) is 13.7. The third kappa shape index (κ3) is 1.99. The van der Waals surface area contributed by atoms with Crippen LogP contribution in [0.5, 0.6) is 0 Å². The van der Waals surface area contributed by atoms with E-state index in [1.54, 1.807) is 13.8 Å². The Bertz CT molecular complexity index is 688. The van der Waals surface area contributed by atoms with E-state index in [4.69, 9.17) is 11.6 Å². The Morgan fingerprint density at radius 2 is 1.83 bits per heavy atom. The second-order valence-corrected chi connectivity index (χ2v) is 4.49. The van der Waals surface area contributed by atoms with E-state index in [-0.39, 0.29) is 21.4 Å². The third-order valence-electron chi connectivity index (χ3n) is 2.87. The van der Waals surface area contributed by atoms with E-state index < -0.39 is 11.7 Å². The molecule has 1 heterocycles. The number of benzene rings is 1. The van der Waals surface area contributed by atoms with Crippen LogP contribution in [-0.4, -0.2) is 4.98 Å². The van der Waals surface area contributed by atoms with E-state index >= 15 is 0 Å². The van der Waals surface area contributed by atoms with Crippen LogP contribution in [0.25, 0.3) is 10.9 Å². The van der Waals surface area contributed by atoms with E-state index in [0.29, 0.717) is 11.3 Å². The summed E-state index contributed by atoms with van der Waals surface area (Å²) < 4.78 is 37.9. The van der Waals surface area contributed by atoms with Gasteiger partial charge >= 0.3 is 6.18 Å². The van der Waals surface area contributed by atoms with Gasteiger partial charge in [0.15, 0.2) is 5.43 Å². The molecule has 2 aromatic rings. The molecule has 0 radical (unpaired) electrons. The molecular weight excluding hydrogens is 267 g/mol. The number of pyridine rings is 1. The Kier molecular flexibility index (Phi) is 2.89. The first-order chi connectivity index (χ1) is 8.21. The minimum atomic E-state index is -4.49. The summed E-state index contributed by atoms with van der Waals surface area (Å²) in [7, 11) is 0. The van der Waals surface area contributed by atoms with Gasteiger partial charge in [-0.25, -0.2) is 0 Å². The average Bonchev–Trinajstić information content (AvgIpc) is 2.23. The number of hydrogen-bond donors (Lipinski definition) is 1. The van der Waals surface area contributed by atoms with Gasteiger partial charge in [0, 0.05) is 11.3 Å². The van der Waals surface area contributed by atoms with Gasteiger partial charge in [-0.15, -0.1) is 0 Å². The van der Waals surface area contributed by atoms with Gasteiger partial charge in [0.05, 0.1) is 21.5 Å². The smallest absolute Gasteiger partial charge is 0.358 e.